The molecule has 1 aromatic rings. The lowest BCUT2D eigenvalue weighted by Gasteiger charge is -2.51. The lowest BCUT2D eigenvalue weighted by atomic mass is 9.62. The second-order valence-electron chi connectivity index (χ2n) is 7.18. The molecule has 0 radical (unpaired) electrons. The molecule has 4 N–H and O–H groups in total. The van der Waals surface area contributed by atoms with E-state index in [0.29, 0.717) is 12.5 Å². The number of pyridine rings is 1. The molecular weight excluding hydrogens is 268 g/mol. The molecule has 1 heterocycles. The molecule has 0 aromatic carbocycles. The smallest absolute Gasteiger partial charge is 0.223 e. The topological polar surface area (TPSA) is 85.3 Å². The van der Waals surface area contributed by atoms with Crippen LogP contribution in [0.1, 0.15) is 51.1 Å². The van der Waals surface area contributed by atoms with E-state index < -0.39 is 5.60 Å². The number of H-pyrrole nitrogens is 1. The predicted octanol–water partition coefficient (Wildman–Crippen LogP) is 1.64. The van der Waals surface area contributed by atoms with Gasteiger partial charge in [-0.1, -0.05) is 12.8 Å². The van der Waals surface area contributed by atoms with Gasteiger partial charge in [-0.3, -0.25) is 4.79 Å². The molecule has 2 aliphatic carbocycles. The summed E-state index contributed by atoms with van der Waals surface area (Å²) in [6.07, 6.45) is 7.56. The minimum atomic E-state index is -0.599. The van der Waals surface area contributed by atoms with Gasteiger partial charge >= 0.3 is 0 Å². The number of rotatable bonds is 3. The highest BCUT2D eigenvalue weighted by Gasteiger charge is 2.46. The summed E-state index contributed by atoms with van der Waals surface area (Å²) >= 11 is 0. The second-order valence-corrected chi connectivity index (χ2v) is 7.18. The fourth-order valence-corrected chi connectivity index (χ4v) is 4.36. The molecule has 0 spiro atoms. The summed E-state index contributed by atoms with van der Waals surface area (Å²) in [4.78, 5) is 14.4. The van der Waals surface area contributed by atoms with Crippen LogP contribution in [-0.4, -0.2) is 26.3 Å². The normalized spacial score (nSPS) is 35.6. The molecule has 0 aliphatic heterocycles. The van der Waals surface area contributed by atoms with E-state index in [1.165, 1.54) is 25.1 Å². The van der Waals surface area contributed by atoms with Crippen LogP contribution < -0.4 is 10.7 Å². The van der Waals surface area contributed by atoms with Crippen LogP contribution in [0.15, 0.2) is 17.1 Å². The SMILES string of the molecule is CC1(O)CC2CCCC(NCc3cc(=O)c(O)c[nH]3)(C2)C1. The van der Waals surface area contributed by atoms with Gasteiger partial charge in [0.25, 0.3) is 0 Å². The van der Waals surface area contributed by atoms with Crippen molar-refractivity contribution in [2.75, 3.05) is 0 Å². The van der Waals surface area contributed by atoms with Gasteiger partial charge in [-0.05, 0) is 38.5 Å². The predicted molar refractivity (Wildman–Crippen MR) is 80.1 cm³/mol. The number of aromatic hydroxyl groups is 1. The third-order valence-corrected chi connectivity index (χ3v) is 5.00. The number of nitrogens with one attached hydrogen (secondary N) is 2. The Morgan fingerprint density at radius 1 is 1.48 bits per heavy atom. The number of aliphatic hydroxyl groups is 1. The van der Waals surface area contributed by atoms with Crippen LogP contribution in [-0.2, 0) is 6.54 Å². The fraction of sp³-hybridized carbons (Fsp3) is 0.688. The summed E-state index contributed by atoms with van der Waals surface area (Å²) in [5.41, 5.74) is -0.224. The zero-order valence-electron chi connectivity index (χ0n) is 12.5. The molecule has 116 valence electrons. The summed E-state index contributed by atoms with van der Waals surface area (Å²) in [7, 11) is 0. The Labute approximate surface area is 124 Å². The van der Waals surface area contributed by atoms with E-state index in [1.807, 2.05) is 6.92 Å². The molecule has 3 atom stereocenters. The largest absolute Gasteiger partial charge is 0.503 e. The highest BCUT2D eigenvalue weighted by atomic mass is 16.3. The van der Waals surface area contributed by atoms with Crippen LogP contribution in [0.4, 0.5) is 0 Å². The van der Waals surface area contributed by atoms with Gasteiger partial charge in [-0.2, -0.15) is 0 Å². The van der Waals surface area contributed by atoms with Crippen molar-refractivity contribution in [2.45, 2.75) is 63.1 Å². The van der Waals surface area contributed by atoms with Crippen LogP contribution >= 0.6 is 0 Å². The molecule has 2 saturated carbocycles. The quantitative estimate of drug-likeness (QED) is 0.682. The van der Waals surface area contributed by atoms with Gasteiger partial charge in [0.2, 0.25) is 5.43 Å². The average Bonchev–Trinajstić information content (AvgIpc) is 2.38. The standard InChI is InChI=1S/C16H24N2O3/c1-15(21)6-11-3-2-4-16(7-11,10-15)18-8-12-5-13(19)14(20)9-17-12/h5,9,11,18,20-21H,2-4,6-8,10H2,1H3,(H,17,19). The minimum Gasteiger partial charge on any atom is -0.503 e. The van der Waals surface area contributed by atoms with E-state index in [0.717, 1.165) is 31.4 Å². The highest BCUT2D eigenvalue weighted by molar-refractivity contribution is 5.18. The molecule has 2 fully saturated rings. The molecule has 5 nitrogen and oxygen atoms in total. The van der Waals surface area contributed by atoms with Crippen LogP contribution in [0, 0.1) is 5.92 Å². The van der Waals surface area contributed by atoms with Crippen LogP contribution in [0.5, 0.6) is 5.75 Å². The Hall–Kier alpha value is -1.33. The number of fused-ring (bicyclic) bond motifs is 2. The lowest BCUT2D eigenvalue weighted by molar-refractivity contribution is -0.0588. The van der Waals surface area contributed by atoms with Gasteiger partial charge < -0.3 is 20.5 Å². The third-order valence-electron chi connectivity index (χ3n) is 5.00. The second kappa shape index (κ2) is 5.14. The molecule has 3 rings (SSSR count). The van der Waals surface area contributed by atoms with Gasteiger partial charge in [0, 0.05) is 30.0 Å². The number of aromatic nitrogens is 1. The fourth-order valence-electron chi connectivity index (χ4n) is 4.36. The summed E-state index contributed by atoms with van der Waals surface area (Å²) in [5, 5.41) is 23.3. The van der Waals surface area contributed by atoms with Crippen molar-refractivity contribution < 1.29 is 10.2 Å². The molecule has 5 heteroatoms. The van der Waals surface area contributed by atoms with Crippen LogP contribution in [0.25, 0.3) is 0 Å². The summed E-state index contributed by atoms with van der Waals surface area (Å²) in [6, 6.07) is 1.43. The number of hydrogen-bond acceptors (Lipinski definition) is 4. The summed E-state index contributed by atoms with van der Waals surface area (Å²) in [6.45, 7) is 2.49. The zero-order chi connectivity index (χ0) is 15.1. The van der Waals surface area contributed by atoms with E-state index in [-0.39, 0.29) is 16.7 Å². The van der Waals surface area contributed by atoms with Gasteiger partial charge in [-0.25, -0.2) is 0 Å². The Bertz CT molecular complexity index is 581. The van der Waals surface area contributed by atoms with E-state index >= 15 is 0 Å². The van der Waals surface area contributed by atoms with Crippen molar-refractivity contribution in [3.63, 3.8) is 0 Å². The van der Waals surface area contributed by atoms with E-state index in [2.05, 4.69) is 10.3 Å². The lowest BCUT2D eigenvalue weighted by Crippen LogP contribution is -2.57. The highest BCUT2D eigenvalue weighted by Crippen LogP contribution is 2.46. The molecule has 1 aromatic heterocycles. The third kappa shape index (κ3) is 3.14. The molecular formula is C16H24N2O3. The maximum Gasteiger partial charge on any atom is 0.223 e. The monoisotopic (exact) mass is 292 g/mol. The Morgan fingerprint density at radius 3 is 3.05 bits per heavy atom. The van der Waals surface area contributed by atoms with Crippen molar-refractivity contribution in [3.05, 3.63) is 28.2 Å². The molecule has 3 unspecified atom stereocenters. The number of aromatic amines is 1. The molecule has 0 amide bonds. The first-order valence-corrected chi connectivity index (χ1v) is 7.76. The van der Waals surface area contributed by atoms with E-state index in [4.69, 9.17) is 0 Å². The van der Waals surface area contributed by atoms with Crippen molar-refractivity contribution in [1.82, 2.24) is 10.3 Å². The number of hydrogen-bond donors (Lipinski definition) is 4. The first-order valence-electron chi connectivity index (χ1n) is 7.76. The molecule has 21 heavy (non-hydrogen) atoms. The average molecular weight is 292 g/mol. The van der Waals surface area contributed by atoms with Crippen molar-refractivity contribution in [2.24, 2.45) is 5.92 Å². The first-order chi connectivity index (χ1) is 9.88. The van der Waals surface area contributed by atoms with Crippen molar-refractivity contribution in [1.29, 1.82) is 0 Å². The van der Waals surface area contributed by atoms with Gasteiger partial charge in [0.1, 0.15) is 0 Å². The van der Waals surface area contributed by atoms with Crippen LogP contribution in [0.2, 0.25) is 0 Å². The van der Waals surface area contributed by atoms with Crippen LogP contribution in [0.3, 0.4) is 0 Å². The summed E-state index contributed by atoms with van der Waals surface area (Å²) in [5.74, 6) is 0.337. The first kappa shape index (κ1) is 14.6. The minimum absolute atomic E-state index is 0.0283. The molecule has 2 aliphatic rings. The van der Waals surface area contributed by atoms with E-state index in [1.54, 1.807) is 0 Å². The van der Waals surface area contributed by atoms with E-state index in [9.17, 15) is 15.0 Å². The Kier molecular flexibility index (Phi) is 3.58. The molecule has 2 bridgehead atoms. The maximum atomic E-state index is 11.5. The maximum absolute atomic E-state index is 11.5. The van der Waals surface area contributed by atoms with Gasteiger partial charge in [0.15, 0.2) is 5.75 Å². The van der Waals surface area contributed by atoms with Gasteiger partial charge in [0.05, 0.1) is 5.60 Å². The Balaban J connectivity index is 1.73. The summed E-state index contributed by atoms with van der Waals surface area (Å²) < 4.78 is 0. The van der Waals surface area contributed by atoms with Crippen molar-refractivity contribution >= 4 is 0 Å². The molecule has 0 saturated heterocycles. The van der Waals surface area contributed by atoms with Crippen molar-refractivity contribution in [3.8, 4) is 5.75 Å². The Morgan fingerprint density at radius 2 is 2.29 bits per heavy atom. The zero-order valence-corrected chi connectivity index (χ0v) is 12.5. The van der Waals surface area contributed by atoms with Gasteiger partial charge in [-0.15, -0.1) is 0 Å².